The largest absolute Gasteiger partial charge is 0.490 e. The standard InChI is InChI=1S/C21H21N5O7/c1-3-32-19-6-5-14(7-20(19)33-4-2)12-24-13-16(11-22-24)23-21(27)15-8-17(25(28)29)10-18(9-15)26(30)31/h5-11,13H,3-4,12H2,1-2H3,(H,23,27). The summed E-state index contributed by atoms with van der Waals surface area (Å²) in [7, 11) is 0. The number of aromatic nitrogens is 2. The maximum absolute atomic E-state index is 12.5. The first-order valence-electron chi connectivity index (χ1n) is 9.97. The van der Waals surface area contributed by atoms with Crippen molar-refractivity contribution in [2.24, 2.45) is 0 Å². The Labute approximate surface area is 188 Å². The summed E-state index contributed by atoms with van der Waals surface area (Å²) in [5.41, 5.74) is -0.102. The number of carbonyl (C=O) groups is 1. The molecule has 1 heterocycles. The zero-order valence-corrected chi connectivity index (χ0v) is 17.9. The molecule has 3 aromatic rings. The first-order valence-corrected chi connectivity index (χ1v) is 9.97. The van der Waals surface area contributed by atoms with E-state index in [0.29, 0.717) is 36.9 Å². The van der Waals surface area contributed by atoms with Crippen LogP contribution in [0.5, 0.6) is 11.5 Å². The highest BCUT2D eigenvalue weighted by molar-refractivity contribution is 6.05. The number of nitrogens with one attached hydrogen (secondary N) is 1. The maximum atomic E-state index is 12.5. The first kappa shape index (κ1) is 23.2. The van der Waals surface area contributed by atoms with Crippen molar-refractivity contribution < 1.29 is 24.1 Å². The summed E-state index contributed by atoms with van der Waals surface area (Å²) in [6.07, 6.45) is 2.97. The molecule has 0 fully saturated rings. The molecule has 0 unspecified atom stereocenters. The van der Waals surface area contributed by atoms with Crippen molar-refractivity contribution in [3.05, 3.63) is 80.1 Å². The third kappa shape index (κ3) is 5.81. The summed E-state index contributed by atoms with van der Waals surface area (Å²) >= 11 is 0. The Bertz CT molecular complexity index is 1160. The predicted octanol–water partition coefficient (Wildman–Crippen LogP) is 3.80. The van der Waals surface area contributed by atoms with Gasteiger partial charge in [0.1, 0.15) is 0 Å². The van der Waals surface area contributed by atoms with Crippen molar-refractivity contribution in [2.75, 3.05) is 18.5 Å². The Morgan fingerprint density at radius 1 is 1.00 bits per heavy atom. The van der Waals surface area contributed by atoms with Gasteiger partial charge in [-0.1, -0.05) is 6.07 Å². The van der Waals surface area contributed by atoms with Gasteiger partial charge in [-0.2, -0.15) is 5.10 Å². The Hall–Kier alpha value is -4.48. The van der Waals surface area contributed by atoms with Crippen LogP contribution in [0.3, 0.4) is 0 Å². The molecule has 1 amide bonds. The average Bonchev–Trinajstić information content (AvgIpc) is 3.22. The molecule has 12 nitrogen and oxygen atoms in total. The molecule has 0 aliphatic carbocycles. The van der Waals surface area contributed by atoms with Gasteiger partial charge in [-0.25, -0.2) is 0 Å². The van der Waals surface area contributed by atoms with Gasteiger partial charge in [-0.3, -0.25) is 29.7 Å². The molecule has 0 spiro atoms. The van der Waals surface area contributed by atoms with Crippen LogP contribution in [0, 0.1) is 20.2 Å². The van der Waals surface area contributed by atoms with Gasteiger partial charge in [0.05, 0.1) is 53.1 Å². The quantitative estimate of drug-likeness (QED) is 0.358. The Kier molecular flexibility index (Phi) is 7.18. The lowest BCUT2D eigenvalue weighted by Crippen LogP contribution is -2.12. The van der Waals surface area contributed by atoms with E-state index in [1.165, 1.54) is 6.20 Å². The lowest BCUT2D eigenvalue weighted by molar-refractivity contribution is -0.394. The number of nitro groups is 2. The minimum Gasteiger partial charge on any atom is -0.490 e. The zero-order chi connectivity index (χ0) is 24.0. The fourth-order valence-electron chi connectivity index (χ4n) is 3.04. The van der Waals surface area contributed by atoms with Crippen molar-refractivity contribution in [2.45, 2.75) is 20.4 Å². The monoisotopic (exact) mass is 455 g/mol. The van der Waals surface area contributed by atoms with Crippen LogP contribution in [0.2, 0.25) is 0 Å². The summed E-state index contributed by atoms with van der Waals surface area (Å²) in [6, 6.07) is 8.27. The van der Waals surface area contributed by atoms with E-state index < -0.39 is 27.1 Å². The second-order valence-corrected chi connectivity index (χ2v) is 6.78. The number of rotatable bonds is 10. The number of amides is 1. The molecule has 0 aliphatic heterocycles. The van der Waals surface area contributed by atoms with Crippen LogP contribution in [0.15, 0.2) is 48.8 Å². The summed E-state index contributed by atoms with van der Waals surface area (Å²) < 4.78 is 12.8. The highest BCUT2D eigenvalue weighted by atomic mass is 16.6. The summed E-state index contributed by atoms with van der Waals surface area (Å²) in [5.74, 6) is 0.522. The van der Waals surface area contributed by atoms with E-state index in [4.69, 9.17) is 9.47 Å². The smallest absolute Gasteiger partial charge is 0.277 e. The molecule has 33 heavy (non-hydrogen) atoms. The Balaban J connectivity index is 1.75. The van der Waals surface area contributed by atoms with E-state index in [1.807, 2.05) is 32.0 Å². The minimum atomic E-state index is -0.796. The molecule has 0 aliphatic rings. The van der Waals surface area contributed by atoms with Gasteiger partial charge in [-0.15, -0.1) is 0 Å². The van der Waals surface area contributed by atoms with E-state index in [9.17, 15) is 25.0 Å². The van der Waals surface area contributed by atoms with Crippen molar-refractivity contribution in [1.82, 2.24) is 9.78 Å². The van der Waals surface area contributed by atoms with Crippen molar-refractivity contribution >= 4 is 23.0 Å². The molecular formula is C21H21N5O7. The molecule has 0 radical (unpaired) electrons. The third-order valence-corrected chi connectivity index (χ3v) is 4.43. The molecule has 0 bridgehead atoms. The molecule has 3 rings (SSSR count). The summed E-state index contributed by atoms with van der Waals surface area (Å²) in [4.78, 5) is 33.0. The lowest BCUT2D eigenvalue weighted by Gasteiger charge is -2.12. The van der Waals surface area contributed by atoms with Crippen LogP contribution >= 0.6 is 0 Å². The third-order valence-electron chi connectivity index (χ3n) is 4.43. The molecular weight excluding hydrogens is 434 g/mol. The van der Waals surface area contributed by atoms with Gasteiger partial charge in [-0.05, 0) is 31.5 Å². The van der Waals surface area contributed by atoms with E-state index in [0.717, 1.165) is 23.8 Å². The molecule has 1 aromatic heterocycles. The van der Waals surface area contributed by atoms with Crippen LogP contribution < -0.4 is 14.8 Å². The van der Waals surface area contributed by atoms with Gasteiger partial charge >= 0.3 is 0 Å². The van der Waals surface area contributed by atoms with Crippen LogP contribution in [-0.4, -0.2) is 38.7 Å². The number of carbonyl (C=O) groups excluding carboxylic acids is 1. The predicted molar refractivity (Wildman–Crippen MR) is 118 cm³/mol. The van der Waals surface area contributed by atoms with Gasteiger partial charge in [0.2, 0.25) is 0 Å². The van der Waals surface area contributed by atoms with Gasteiger partial charge in [0.25, 0.3) is 17.3 Å². The van der Waals surface area contributed by atoms with Crippen molar-refractivity contribution in [1.29, 1.82) is 0 Å². The summed E-state index contributed by atoms with van der Waals surface area (Å²) in [6.45, 7) is 5.13. The average molecular weight is 455 g/mol. The van der Waals surface area contributed by atoms with Crippen LogP contribution in [0.1, 0.15) is 29.8 Å². The van der Waals surface area contributed by atoms with E-state index in [1.54, 1.807) is 10.9 Å². The number of hydrogen-bond donors (Lipinski definition) is 1. The highest BCUT2D eigenvalue weighted by Crippen LogP contribution is 2.29. The van der Waals surface area contributed by atoms with Crippen LogP contribution in [0.25, 0.3) is 0 Å². The topological polar surface area (TPSA) is 152 Å². The zero-order valence-electron chi connectivity index (χ0n) is 17.9. The normalized spacial score (nSPS) is 10.5. The summed E-state index contributed by atoms with van der Waals surface area (Å²) in [5, 5.41) is 28.8. The van der Waals surface area contributed by atoms with Crippen molar-refractivity contribution in [3.8, 4) is 11.5 Å². The molecule has 1 N–H and O–H groups in total. The van der Waals surface area contributed by atoms with Gasteiger partial charge in [0, 0.05) is 18.3 Å². The number of anilines is 1. The minimum absolute atomic E-state index is 0.212. The lowest BCUT2D eigenvalue weighted by atomic mass is 10.1. The Morgan fingerprint density at radius 3 is 2.24 bits per heavy atom. The molecule has 0 saturated carbocycles. The van der Waals surface area contributed by atoms with E-state index >= 15 is 0 Å². The highest BCUT2D eigenvalue weighted by Gasteiger charge is 2.20. The molecule has 172 valence electrons. The van der Waals surface area contributed by atoms with Crippen LogP contribution in [0.4, 0.5) is 17.1 Å². The van der Waals surface area contributed by atoms with Crippen LogP contribution in [-0.2, 0) is 6.54 Å². The molecule has 12 heteroatoms. The fourth-order valence-corrected chi connectivity index (χ4v) is 3.04. The fraction of sp³-hybridized carbons (Fsp3) is 0.238. The van der Waals surface area contributed by atoms with E-state index in [-0.39, 0.29) is 5.56 Å². The second-order valence-electron chi connectivity index (χ2n) is 6.78. The Morgan fingerprint density at radius 2 is 1.64 bits per heavy atom. The van der Waals surface area contributed by atoms with E-state index in [2.05, 4.69) is 10.4 Å². The SMILES string of the molecule is CCOc1ccc(Cn2cc(NC(=O)c3cc([N+](=O)[O-])cc([N+](=O)[O-])c3)cn2)cc1OCC. The number of hydrogen-bond acceptors (Lipinski definition) is 8. The van der Waals surface area contributed by atoms with Gasteiger partial charge < -0.3 is 14.8 Å². The number of non-ortho nitro benzene ring substituents is 2. The molecule has 2 aromatic carbocycles. The van der Waals surface area contributed by atoms with Gasteiger partial charge in [0.15, 0.2) is 11.5 Å². The maximum Gasteiger partial charge on any atom is 0.277 e. The number of nitro benzene ring substituents is 2. The number of ether oxygens (including phenoxy) is 2. The first-order chi connectivity index (χ1) is 15.8. The molecule has 0 atom stereocenters. The second kappa shape index (κ2) is 10.2. The van der Waals surface area contributed by atoms with Crippen molar-refractivity contribution in [3.63, 3.8) is 0 Å². The number of nitrogens with zero attached hydrogens (tertiary/aromatic N) is 4. The number of benzene rings is 2. The molecule has 0 saturated heterocycles.